The van der Waals surface area contributed by atoms with Crippen LogP contribution in [0.4, 0.5) is 0 Å². The highest BCUT2D eigenvalue weighted by Crippen LogP contribution is 2.16. The standard InChI is InChI=1S/C12H21N3O2.2ClH/c1-8(2)5-12(4,6-13)15-11(16)10-9(3)14-7-17-10;;/h7-8H,5-6,13H2,1-4H3,(H,15,16);2*1H. The second-order valence-corrected chi connectivity index (χ2v) is 5.08. The van der Waals surface area contributed by atoms with Crippen molar-refractivity contribution in [2.24, 2.45) is 11.7 Å². The van der Waals surface area contributed by atoms with Gasteiger partial charge in [0.2, 0.25) is 5.76 Å². The summed E-state index contributed by atoms with van der Waals surface area (Å²) in [6, 6.07) is 0. The number of hydrogen-bond acceptors (Lipinski definition) is 4. The SMILES string of the molecule is Cc1ncoc1C(=O)NC(C)(CN)CC(C)C.Cl.Cl. The van der Waals surface area contributed by atoms with E-state index in [-0.39, 0.29) is 36.5 Å². The molecular weight excluding hydrogens is 289 g/mol. The Kier molecular flexibility index (Phi) is 9.08. The Bertz CT molecular complexity index is 396. The van der Waals surface area contributed by atoms with Crippen molar-refractivity contribution in [3.63, 3.8) is 0 Å². The lowest BCUT2D eigenvalue weighted by Crippen LogP contribution is -2.52. The van der Waals surface area contributed by atoms with Gasteiger partial charge in [0.1, 0.15) is 0 Å². The number of amides is 1. The van der Waals surface area contributed by atoms with E-state index in [9.17, 15) is 4.79 Å². The average molecular weight is 312 g/mol. The van der Waals surface area contributed by atoms with Crippen LogP contribution in [-0.2, 0) is 0 Å². The minimum atomic E-state index is -0.412. The maximum Gasteiger partial charge on any atom is 0.289 e. The first-order chi connectivity index (χ1) is 7.88. The van der Waals surface area contributed by atoms with Crippen molar-refractivity contribution in [1.82, 2.24) is 10.3 Å². The number of rotatable bonds is 5. The van der Waals surface area contributed by atoms with Crippen LogP contribution in [0, 0.1) is 12.8 Å². The lowest BCUT2D eigenvalue weighted by Gasteiger charge is -2.30. The summed E-state index contributed by atoms with van der Waals surface area (Å²) in [7, 11) is 0. The molecule has 0 bridgehead atoms. The zero-order chi connectivity index (χ0) is 13.1. The van der Waals surface area contributed by atoms with Crippen LogP contribution in [0.2, 0.25) is 0 Å². The first-order valence-corrected chi connectivity index (χ1v) is 5.80. The van der Waals surface area contributed by atoms with Gasteiger partial charge in [-0.1, -0.05) is 13.8 Å². The second-order valence-electron chi connectivity index (χ2n) is 5.08. The summed E-state index contributed by atoms with van der Waals surface area (Å²) in [4.78, 5) is 15.9. The number of halogens is 2. The third-order valence-corrected chi connectivity index (χ3v) is 2.68. The van der Waals surface area contributed by atoms with Gasteiger partial charge in [0, 0.05) is 6.54 Å². The topological polar surface area (TPSA) is 81.2 Å². The Morgan fingerprint density at radius 1 is 1.53 bits per heavy atom. The highest BCUT2D eigenvalue weighted by atomic mass is 35.5. The molecule has 1 aromatic rings. The highest BCUT2D eigenvalue weighted by molar-refractivity contribution is 5.92. The summed E-state index contributed by atoms with van der Waals surface area (Å²) in [5.41, 5.74) is 5.91. The van der Waals surface area contributed by atoms with Crippen LogP contribution in [0.15, 0.2) is 10.8 Å². The molecule has 1 unspecified atom stereocenters. The summed E-state index contributed by atoms with van der Waals surface area (Å²) in [5, 5.41) is 2.92. The third kappa shape index (κ3) is 5.80. The Balaban J connectivity index is 0. The molecule has 0 aliphatic carbocycles. The summed E-state index contributed by atoms with van der Waals surface area (Å²) in [5.74, 6) is 0.460. The molecule has 7 heteroatoms. The van der Waals surface area contributed by atoms with Gasteiger partial charge in [-0.25, -0.2) is 4.98 Å². The Hall–Kier alpha value is -0.780. The quantitative estimate of drug-likeness (QED) is 0.874. The molecule has 0 spiro atoms. The van der Waals surface area contributed by atoms with Gasteiger partial charge in [0.05, 0.1) is 11.2 Å². The Morgan fingerprint density at radius 2 is 2.11 bits per heavy atom. The van der Waals surface area contributed by atoms with E-state index in [4.69, 9.17) is 10.2 Å². The summed E-state index contributed by atoms with van der Waals surface area (Å²) in [6.45, 7) is 8.26. The average Bonchev–Trinajstić information content (AvgIpc) is 2.63. The first-order valence-electron chi connectivity index (χ1n) is 5.80. The van der Waals surface area contributed by atoms with E-state index < -0.39 is 5.54 Å². The van der Waals surface area contributed by atoms with Crippen LogP contribution in [0.25, 0.3) is 0 Å². The summed E-state index contributed by atoms with van der Waals surface area (Å²) < 4.78 is 5.06. The van der Waals surface area contributed by atoms with E-state index in [1.807, 2.05) is 6.92 Å². The van der Waals surface area contributed by atoms with Crippen LogP contribution >= 0.6 is 24.8 Å². The van der Waals surface area contributed by atoms with E-state index in [0.717, 1.165) is 6.42 Å². The molecule has 1 heterocycles. The summed E-state index contributed by atoms with van der Waals surface area (Å²) in [6.07, 6.45) is 2.09. The molecule has 1 aromatic heterocycles. The number of carbonyl (C=O) groups excluding carboxylic acids is 1. The van der Waals surface area contributed by atoms with Crippen molar-refractivity contribution in [3.05, 3.63) is 17.8 Å². The van der Waals surface area contributed by atoms with Crippen LogP contribution in [0.1, 0.15) is 43.4 Å². The normalized spacial score (nSPS) is 13.2. The van der Waals surface area contributed by atoms with Crippen LogP contribution in [-0.4, -0.2) is 23.0 Å². The summed E-state index contributed by atoms with van der Waals surface area (Å²) >= 11 is 0. The molecule has 0 aromatic carbocycles. The lowest BCUT2D eigenvalue weighted by molar-refractivity contribution is 0.0868. The number of nitrogens with one attached hydrogen (secondary N) is 1. The number of carbonyl (C=O) groups is 1. The van der Waals surface area contributed by atoms with E-state index in [1.54, 1.807) is 6.92 Å². The molecule has 0 radical (unpaired) electrons. The maximum absolute atomic E-state index is 12.0. The lowest BCUT2D eigenvalue weighted by atomic mass is 9.90. The third-order valence-electron chi connectivity index (χ3n) is 2.68. The first kappa shape index (κ1) is 20.5. The Morgan fingerprint density at radius 3 is 2.47 bits per heavy atom. The number of hydrogen-bond donors (Lipinski definition) is 2. The fraction of sp³-hybridized carbons (Fsp3) is 0.667. The molecule has 0 aliphatic rings. The maximum atomic E-state index is 12.0. The van der Waals surface area contributed by atoms with Gasteiger partial charge in [0.25, 0.3) is 5.91 Å². The van der Waals surface area contributed by atoms with Crippen LogP contribution in [0.5, 0.6) is 0 Å². The van der Waals surface area contributed by atoms with Gasteiger partial charge in [-0.3, -0.25) is 4.79 Å². The molecule has 0 fully saturated rings. The van der Waals surface area contributed by atoms with Gasteiger partial charge in [-0.2, -0.15) is 0 Å². The zero-order valence-corrected chi connectivity index (χ0v) is 13.4. The Labute approximate surface area is 126 Å². The van der Waals surface area contributed by atoms with Crippen molar-refractivity contribution >= 4 is 30.7 Å². The van der Waals surface area contributed by atoms with E-state index in [2.05, 4.69) is 24.1 Å². The van der Waals surface area contributed by atoms with Gasteiger partial charge in [-0.15, -0.1) is 24.8 Å². The van der Waals surface area contributed by atoms with Crippen molar-refractivity contribution in [3.8, 4) is 0 Å². The van der Waals surface area contributed by atoms with Gasteiger partial charge < -0.3 is 15.5 Å². The van der Waals surface area contributed by atoms with E-state index >= 15 is 0 Å². The molecule has 5 nitrogen and oxygen atoms in total. The van der Waals surface area contributed by atoms with Crippen molar-refractivity contribution in [2.75, 3.05) is 6.54 Å². The van der Waals surface area contributed by atoms with Crippen molar-refractivity contribution < 1.29 is 9.21 Å². The molecule has 3 N–H and O–H groups in total. The van der Waals surface area contributed by atoms with E-state index in [0.29, 0.717) is 18.2 Å². The van der Waals surface area contributed by atoms with Gasteiger partial charge in [0.15, 0.2) is 6.39 Å². The zero-order valence-electron chi connectivity index (χ0n) is 11.7. The highest BCUT2D eigenvalue weighted by Gasteiger charge is 2.28. The number of oxazole rings is 1. The minimum Gasteiger partial charge on any atom is -0.438 e. The number of nitrogens with two attached hydrogens (primary N) is 1. The van der Waals surface area contributed by atoms with Crippen LogP contribution in [0.3, 0.4) is 0 Å². The van der Waals surface area contributed by atoms with E-state index in [1.165, 1.54) is 6.39 Å². The molecule has 1 amide bonds. The van der Waals surface area contributed by atoms with Gasteiger partial charge in [-0.05, 0) is 26.2 Å². The fourth-order valence-electron chi connectivity index (χ4n) is 1.94. The fourth-order valence-corrected chi connectivity index (χ4v) is 1.94. The largest absolute Gasteiger partial charge is 0.438 e. The molecule has 0 saturated carbocycles. The smallest absolute Gasteiger partial charge is 0.289 e. The molecule has 112 valence electrons. The minimum absolute atomic E-state index is 0. The predicted molar refractivity (Wildman–Crippen MR) is 80.1 cm³/mol. The number of nitrogens with zero attached hydrogens (tertiary/aromatic N) is 1. The molecule has 0 aliphatic heterocycles. The second kappa shape index (κ2) is 8.40. The number of aryl methyl sites for hydroxylation is 1. The number of aromatic nitrogens is 1. The molecule has 0 saturated heterocycles. The molecule has 1 atom stereocenters. The van der Waals surface area contributed by atoms with Crippen molar-refractivity contribution in [2.45, 2.75) is 39.7 Å². The predicted octanol–water partition coefficient (Wildman–Crippen LogP) is 2.32. The molecule has 1 rings (SSSR count). The van der Waals surface area contributed by atoms with Gasteiger partial charge >= 0.3 is 0 Å². The molecular formula is C12H23Cl2N3O2. The molecule has 19 heavy (non-hydrogen) atoms. The van der Waals surface area contributed by atoms with Crippen molar-refractivity contribution in [1.29, 1.82) is 0 Å². The van der Waals surface area contributed by atoms with Crippen LogP contribution < -0.4 is 11.1 Å². The monoisotopic (exact) mass is 311 g/mol.